The quantitative estimate of drug-likeness (QED) is 0.0261. The van der Waals surface area contributed by atoms with Crippen LogP contribution in [0, 0.1) is 0 Å². The largest absolute Gasteiger partial charge is 0.462 e. The van der Waals surface area contributed by atoms with Gasteiger partial charge in [0.1, 0.15) is 13.2 Å². The van der Waals surface area contributed by atoms with Crippen molar-refractivity contribution in [2.75, 3.05) is 13.2 Å². The van der Waals surface area contributed by atoms with Gasteiger partial charge in [0.15, 0.2) is 6.10 Å². The van der Waals surface area contributed by atoms with Gasteiger partial charge < -0.3 is 14.2 Å². The van der Waals surface area contributed by atoms with Gasteiger partial charge in [0, 0.05) is 19.3 Å². The summed E-state index contributed by atoms with van der Waals surface area (Å²) >= 11 is 0. The minimum Gasteiger partial charge on any atom is -0.462 e. The molecule has 0 aliphatic heterocycles. The first-order valence-corrected chi connectivity index (χ1v) is 34.9. The zero-order valence-electron chi connectivity index (χ0n) is 54.0. The second-order valence-corrected chi connectivity index (χ2v) is 23.1. The van der Waals surface area contributed by atoms with Gasteiger partial charge in [-0.25, -0.2) is 0 Å². The summed E-state index contributed by atoms with van der Waals surface area (Å²) in [6.07, 6.45) is 95.3. The predicted molar refractivity (Wildman–Crippen MR) is 357 cm³/mol. The lowest BCUT2D eigenvalue weighted by Crippen LogP contribution is -2.30. The summed E-state index contributed by atoms with van der Waals surface area (Å²) in [5.74, 6) is -0.900. The van der Waals surface area contributed by atoms with Crippen LogP contribution >= 0.6 is 0 Å². The monoisotopic (exact) mass is 1140 g/mol. The van der Waals surface area contributed by atoms with Gasteiger partial charge in [-0.2, -0.15) is 0 Å². The molecule has 0 saturated heterocycles. The molecule has 0 aromatic rings. The molecule has 0 aromatic heterocycles. The fourth-order valence-corrected chi connectivity index (χ4v) is 9.77. The molecule has 1 atom stereocenters. The maximum atomic E-state index is 13.0. The van der Waals surface area contributed by atoms with Gasteiger partial charge in [-0.1, -0.05) is 297 Å². The molecular weight excluding hydrogens is 1010 g/mol. The topological polar surface area (TPSA) is 78.9 Å². The molecule has 0 spiro atoms. The molecule has 6 heteroatoms. The minimum absolute atomic E-state index is 0.0866. The van der Waals surface area contributed by atoms with Gasteiger partial charge in [-0.3, -0.25) is 14.4 Å². The van der Waals surface area contributed by atoms with E-state index >= 15 is 0 Å². The summed E-state index contributed by atoms with van der Waals surface area (Å²) in [5.41, 5.74) is 0. The Morgan fingerprint density at radius 3 is 0.756 bits per heavy atom. The molecule has 1 unspecified atom stereocenters. The number of esters is 3. The van der Waals surface area contributed by atoms with E-state index in [0.29, 0.717) is 19.3 Å². The van der Waals surface area contributed by atoms with Crippen molar-refractivity contribution in [1.82, 2.24) is 0 Å². The third-order valence-corrected chi connectivity index (χ3v) is 15.0. The highest BCUT2D eigenvalue weighted by Gasteiger charge is 2.19. The maximum Gasteiger partial charge on any atom is 0.306 e. The summed E-state index contributed by atoms with van der Waals surface area (Å²) in [6.45, 7) is 6.54. The van der Waals surface area contributed by atoms with Crippen molar-refractivity contribution in [2.45, 2.75) is 341 Å². The van der Waals surface area contributed by atoms with Crippen LogP contribution in [0.2, 0.25) is 0 Å². The Hall–Kier alpha value is -3.93. The normalized spacial score (nSPS) is 12.8. The second kappa shape index (κ2) is 69.6. The lowest BCUT2D eigenvalue weighted by Gasteiger charge is -2.18. The van der Waals surface area contributed by atoms with Gasteiger partial charge in [0.2, 0.25) is 0 Å². The van der Waals surface area contributed by atoms with Crippen LogP contribution in [0.4, 0.5) is 0 Å². The van der Waals surface area contributed by atoms with Crippen LogP contribution in [-0.2, 0) is 28.6 Å². The van der Waals surface area contributed by atoms with E-state index in [2.05, 4.69) is 130 Å². The summed E-state index contributed by atoms with van der Waals surface area (Å²) in [5, 5.41) is 0. The van der Waals surface area contributed by atoms with E-state index in [1.54, 1.807) is 0 Å². The molecule has 0 saturated carbocycles. The summed E-state index contributed by atoms with van der Waals surface area (Å²) in [4.78, 5) is 38.5. The molecule has 0 aromatic carbocycles. The number of hydrogen-bond donors (Lipinski definition) is 0. The van der Waals surface area contributed by atoms with Gasteiger partial charge in [0.25, 0.3) is 0 Å². The summed E-state index contributed by atoms with van der Waals surface area (Å²) < 4.78 is 17.0. The Bertz CT molecular complexity index is 1640. The van der Waals surface area contributed by atoms with Gasteiger partial charge in [-0.15, -0.1) is 0 Å². The van der Waals surface area contributed by atoms with Crippen molar-refractivity contribution < 1.29 is 28.6 Å². The molecular formula is C76H130O6. The molecule has 82 heavy (non-hydrogen) atoms. The number of allylic oxidation sites excluding steroid dienone is 18. The zero-order chi connectivity index (χ0) is 59.2. The molecule has 0 rings (SSSR count). The molecule has 470 valence electrons. The lowest BCUT2D eigenvalue weighted by molar-refractivity contribution is -0.167. The van der Waals surface area contributed by atoms with Crippen molar-refractivity contribution in [1.29, 1.82) is 0 Å². The van der Waals surface area contributed by atoms with Crippen LogP contribution in [0.5, 0.6) is 0 Å². The lowest BCUT2D eigenvalue weighted by atomic mass is 10.1. The van der Waals surface area contributed by atoms with E-state index in [1.165, 1.54) is 173 Å². The smallest absolute Gasteiger partial charge is 0.306 e. The fraction of sp³-hybridized carbons (Fsp3) is 0.724. The van der Waals surface area contributed by atoms with E-state index < -0.39 is 6.10 Å². The van der Waals surface area contributed by atoms with E-state index in [4.69, 9.17) is 14.2 Å². The van der Waals surface area contributed by atoms with Crippen molar-refractivity contribution in [3.05, 3.63) is 109 Å². The number of carbonyl (C=O) groups is 3. The Morgan fingerprint density at radius 2 is 0.476 bits per heavy atom. The van der Waals surface area contributed by atoms with Crippen molar-refractivity contribution in [3.8, 4) is 0 Å². The van der Waals surface area contributed by atoms with Crippen LogP contribution in [-0.4, -0.2) is 37.2 Å². The van der Waals surface area contributed by atoms with Crippen LogP contribution < -0.4 is 0 Å². The molecule has 0 aliphatic carbocycles. The first-order chi connectivity index (χ1) is 40.5. The molecule has 0 bridgehead atoms. The van der Waals surface area contributed by atoms with Crippen molar-refractivity contribution >= 4 is 17.9 Å². The number of carbonyl (C=O) groups excluding carboxylic acids is 3. The number of hydrogen-bond acceptors (Lipinski definition) is 6. The van der Waals surface area contributed by atoms with Gasteiger partial charge >= 0.3 is 17.9 Å². The highest BCUT2D eigenvalue weighted by Crippen LogP contribution is 2.16. The maximum absolute atomic E-state index is 13.0. The van der Waals surface area contributed by atoms with Gasteiger partial charge in [0.05, 0.1) is 0 Å². The van der Waals surface area contributed by atoms with Crippen LogP contribution in [0.1, 0.15) is 335 Å². The zero-order valence-corrected chi connectivity index (χ0v) is 54.0. The average molecular weight is 1140 g/mol. The number of ether oxygens (including phenoxy) is 3. The molecule has 6 nitrogen and oxygen atoms in total. The summed E-state index contributed by atoms with van der Waals surface area (Å²) in [7, 11) is 0. The van der Waals surface area contributed by atoms with E-state index in [0.717, 1.165) is 122 Å². The number of unbranched alkanes of at least 4 members (excludes halogenated alkanes) is 34. The summed E-state index contributed by atoms with van der Waals surface area (Å²) in [6, 6.07) is 0. The SMILES string of the molecule is CC/C=C\C/C=C\C/C=C\C/C=C\C/C=C\C/C=C\C/C=C\CCCCCCCC(=O)OCC(COC(=O)CCCCCCCCC/C=C\CCCCCCCCC)OC(=O)CCCCCCCCCCC/C=C\CCCCCCCC. The Balaban J connectivity index is 4.42. The first-order valence-electron chi connectivity index (χ1n) is 34.9. The van der Waals surface area contributed by atoms with Crippen LogP contribution in [0.25, 0.3) is 0 Å². The Labute approximate surface area is 508 Å². The number of rotatable bonds is 63. The van der Waals surface area contributed by atoms with E-state index in [-0.39, 0.29) is 31.1 Å². The molecule has 0 heterocycles. The Kier molecular flexibility index (Phi) is 66.2. The minimum atomic E-state index is -0.793. The van der Waals surface area contributed by atoms with Gasteiger partial charge in [-0.05, 0) is 128 Å². The Morgan fingerprint density at radius 1 is 0.256 bits per heavy atom. The van der Waals surface area contributed by atoms with Crippen molar-refractivity contribution in [3.63, 3.8) is 0 Å². The molecule has 0 radical (unpaired) electrons. The molecule has 0 aliphatic rings. The average Bonchev–Trinajstić information content (AvgIpc) is 3.47. The van der Waals surface area contributed by atoms with E-state index in [9.17, 15) is 14.4 Å². The first kappa shape index (κ1) is 78.1. The third kappa shape index (κ3) is 66.9. The predicted octanol–water partition coefficient (Wildman–Crippen LogP) is 24.2. The molecule has 0 amide bonds. The fourth-order valence-electron chi connectivity index (χ4n) is 9.77. The molecule has 0 fully saturated rings. The van der Waals surface area contributed by atoms with E-state index in [1.807, 2.05) is 0 Å². The third-order valence-electron chi connectivity index (χ3n) is 15.0. The highest BCUT2D eigenvalue weighted by molar-refractivity contribution is 5.71. The van der Waals surface area contributed by atoms with Crippen LogP contribution in [0.15, 0.2) is 109 Å². The van der Waals surface area contributed by atoms with Crippen LogP contribution in [0.3, 0.4) is 0 Å². The highest BCUT2D eigenvalue weighted by atomic mass is 16.6. The molecule has 0 N–H and O–H groups in total. The van der Waals surface area contributed by atoms with Crippen molar-refractivity contribution in [2.24, 2.45) is 0 Å². The standard InChI is InChI=1S/C76H130O6/c1-4-7-10-13-16-19-22-25-28-31-34-35-36-37-38-39-40-41-43-45-48-51-54-57-60-63-66-69-75(78)81-72-73(71-80-74(77)68-65-62-59-56-53-50-47-44-33-30-27-24-21-18-15-12-9-6-3)82-76(79)70-67-64-61-58-55-52-49-46-42-32-29-26-23-20-17-14-11-8-5-2/h7,10,16,19,25-26,28-30,33-35,37-38,40-41,45,48,73H,4-6,8-9,11-15,17-18,20-24,27,31-32,36,39,42-44,46-47,49-72H2,1-3H3/b10-7-,19-16-,28-25-,29-26-,33-30-,35-34-,38-37-,41-40-,48-45-. The second-order valence-electron chi connectivity index (χ2n) is 23.1.